The van der Waals surface area contributed by atoms with Crippen LogP contribution >= 0.6 is 0 Å². The Kier molecular flexibility index (Phi) is 1.96. The summed E-state index contributed by atoms with van der Waals surface area (Å²) >= 11 is 0. The van der Waals surface area contributed by atoms with E-state index in [0.29, 0.717) is 5.54 Å². The van der Waals surface area contributed by atoms with Gasteiger partial charge in [0.15, 0.2) is 0 Å². The summed E-state index contributed by atoms with van der Waals surface area (Å²) < 4.78 is 2.44. The molecule has 82 valence electrons. The SMILES string of the molecule is CC1(n2ccc3c2CCCC3O)CCC1. The zero-order chi connectivity index (χ0) is 10.5. The molecule has 1 saturated carbocycles. The van der Waals surface area contributed by atoms with E-state index >= 15 is 0 Å². The van der Waals surface area contributed by atoms with Crippen LogP contribution in [0.3, 0.4) is 0 Å². The summed E-state index contributed by atoms with van der Waals surface area (Å²) in [5.41, 5.74) is 2.94. The standard InChI is InChI=1S/C13H19NO/c1-13(7-3-8-13)14-9-6-10-11(14)4-2-5-12(10)15/h6,9,12,15H,2-5,7-8H2,1H3. The van der Waals surface area contributed by atoms with E-state index in [9.17, 15) is 5.11 Å². The van der Waals surface area contributed by atoms with Gasteiger partial charge < -0.3 is 9.67 Å². The molecule has 0 radical (unpaired) electrons. The minimum atomic E-state index is -0.210. The summed E-state index contributed by atoms with van der Waals surface area (Å²) in [6.45, 7) is 2.35. The zero-order valence-electron chi connectivity index (χ0n) is 9.37. The van der Waals surface area contributed by atoms with Gasteiger partial charge in [-0.3, -0.25) is 0 Å². The summed E-state index contributed by atoms with van der Waals surface area (Å²) in [6, 6.07) is 2.13. The maximum atomic E-state index is 9.92. The minimum absolute atomic E-state index is 0.210. The van der Waals surface area contributed by atoms with Crippen LogP contribution in [0.2, 0.25) is 0 Å². The lowest BCUT2D eigenvalue weighted by molar-refractivity contribution is 0.142. The lowest BCUT2D eigenvalue weighted by Crippen LogP contribution is -2.38. The fourth-order valence-corrected chi connectivity index (χ4v) is 3.10. The monoisotopic (exact) mass is 205 g/mol. The number of hydrogen-bond acceptors (Lipinski definition) is 1. The Morgan fingerprint density at radius 3 is 2.87 bits per heavy atom. The second-order valence-corrected chi connectivity index (χ2v) is 5.35. The molecule has 2 aliphatic carbocycles. The van der Waals surface area contributed by atoms with Crippen LogP contribution in [0.4, 0.5) is 0 Å². The van der Waals surface area contributed by atoms with Gasteiger partial charge in [0.2, 0.25) is 0 Å². The topological polar surface area (TPSA) is 25.2 Å². The molecule has 0 bridgehead atoms. The molecule has 1 atom stereocenters. The lowest BCUT2D eigenvalue weighted by Gasteiger charge is -2.42. The molecular weight excluding hydrogens is 186 g/mol. The van der Waals surface area contributed by atoms with Gasteiger partial charge >= 0.3 is 0 Å². The lowest BCUT2D eigenvalue weighted by atomic mass is 9.78. The molecule has 2 nitrogen and oxygen atoms in total. The average molecular weight is 205 g/mol. The Hall–Kier alpha value is -0.760. The molecule has 2 heteroatoms. The van der Waals surface area contributed by atoms with Crippen molar-refractivity contribution in [3.63, 3.8) is 0 Å². The third-order valence-electron chi connectivity index (χ3n) is 4.29. The number of aliphatic hydroxyl groups is 1. The van der Waals surface area contributed by atoms with E-state index in [1.165, 1.54) is 30.5 Å². The van der Waals surface area contributed by atoms with Crippen molar-refractivity contribution in [2.45, 2.75) is 57.1 Å². The smallest absolute Gasteiger partial charge is 0.0807 e. The summed E-state index contributed by atoms with van der Waals surface area (Å²) in [4.78, 5) is 0. The van der Waals surface area contributed by atoms with Crippen LogP contribution in [-0.4, -0.2) is 9.67 Å². The molecular formula is C13H19NO. The molecule has 0 spiro atoms. The van der Waals surface area contributed by atoms with Crippen molar-refractivity contribution in [3.05, 3.63) is 23.5 Å². The summed E-state index contributed by atoms with van der Waals surface area (Å²) in [5, 5.41) is 9.92. The molecule has 15 heavy (non-hydrogen) atoms. The molecule has 1 aromatic rings. The molecule has 1 heterocycles. The van der Waals surface area contributed by atoms with Gasteiger partial charge in [-0.1, -0.05) is 0 Å². The maximum absolute atomic E-state index is 9.92. The largest absolute Gasteiger partial charge is 0.388 e. The van der Waals surface area contributed by atoms with Crippen molar-refractivity contribution in [2.75, 3.05) is 0 Å². The van der Waals surface area contributed by atoms with Crippen molar-refractivity contribution < 1.29 is 5.11 Å². The van der Waals surface area contributed by atoms with E-state index in [-0.39, 0.29) is 6.10 Å². The van der Waals surface area contributed by atoms with Crippen LogP contribution in [0.15, 0.2) is 12.3 Å². The summed E-state index contributed by atoms with van der Waals surface area (Å²) in [6.07, 6.45) is 9.15. The molecule has 1 aromatic heterocycles. The number of rotatable bonds is 1. The second kappa shape index (κ2) is 3.11. The molecule has 1 N–H and O–H groups in total. The first kappa shape index (κ1) is 9.46. The molecule has 0 saturated heterocycles. The Labute approximate surface area is 90.9 Å². The van der Waals surface area contributed by atoms with Crippen LogP contribution in [0, 0.1) is 0 Å². The highest BCUT2D eigenvalue weighted by Crippen LogP contribution is 2.42. The molecule has 0 aliphatic heterocycles. The van der Waals surface area contributed by atoms with Gasteiger partial charge in [0, 0.05) is 23.0 Å². The third kappa shape index (κ3) is 1.27. The molecule has 1 unspecified atom stereocenters. The Morgan fingerprint density at radius 1 is 1.40 bits per heavy atom. The van der Waals surface area contributed by atoms with Gasteiger partial charge in [-0.05, 0) is 51.5 Å². The van der Waals surface area contributed by atoms with E-state index in [1.807, 2.05) is 0 Å². The highest BCUT2D eigenvalue weighted by Gasteiger charge is 2.36. The van der Waals surface area contributed by atoms with Gasteiger partial charge in [-0.2, -0.15) is 0 Å². The Balaban J connectivity index is 2.03. The first-order chi connectivity index (χ1) is 7.21. The average Bonchev–Trinajstić information content (AvgIpc) is 2.60. The number of nitrogens with zero attached hydrogens (tertiary/aromatic N) is 1. The fourth-order valence-electron chi connectivity index (χ4n) is 3.10. The van der Waals surface area contributed by atoms with Crippen molar-refractivity contribution in [2.24, 2.45) is 0 Å². The first-order valence-corrected chi connectivity index (χ1v) is 6.09. The molecule has 1 fully saturated rings. The number of fused-ring (bicyclic) bond motifs is 1. The predicted molar refractivity (Wildman–Crippen MR) is 59.8 cm³/mol. The Morgan fingerprint density at radius 2 is 2.20 bits per heavy atom. The van der Waals surface area contributed by atoms with Gasteiger partial charge in [-0.15, -0.1) is 0 Å². The first-order valence-electron chi connectivity index (χ1n) is 6.09. The summed E-state index contributed by atoms with van der Waals surface area (Å²) in [7, 11) is 0. The van der Waals surface area contributed by atoms with Gasteiger partial charge in [0.1, 0.15) is 0 Å². The molecule has 0 aromatic carbocycles. The van der Waals surface area contributed by atoms with Crippen molar-refractivity contribution in [1.82, 2.24) is 4.57 Å². The van der Waals surface area contributed by atoms with Gasteiger partial charge in [-0.25, -0.2) is 0 Å². The normalized spacial score (nSPS) is 28.3. The van der Waals surface area contributed by atoms with Gasteiger partial charge in [0.25, 0.3) is 0 Å². The van der Waals surface area contributed by atoms with Crippen molar-refractivity contribution >= 4 is 0 Å². The fraction of sp³-hybridized carbons (Fsp3) is 0.692. The highest BCUT2D eigenvalue weighted by atomic mass is 16.3. The van der Waals surface area contributed by atoms with Crippen molar-refractivity contribution in [3.8, 4) is 0 Å². The van der Waals surface area contributed by atoms with E-state index in [1.54, 1.807) is 0 Å². The molecule has 0 amide bonds. The van der Waals surface area contributed by atoms with Crippen LogP contribution in [0.5, 0.6) is 0 Å². The quantitative estimate of drug-likeness (QED) is 0.749. The third-order valence-corrected chi connectivity index (χ3v) is 4.29. The van der Waals surface area contributed by atoms with Crippen LogP contribution in [-0.2, 0) is 12.0 Å². The zero-order valence-corrected chi connectivity index (χ0v) is 9.37. The van der Waals surface area contributed by atoms with Crippen LogP contribution < -0.4 is 0 Å². The number of aromatic nitrogens is 1. The summed E-state index contributed by atoms with van der Waals surface area (Å²) in [5.74, 6) is 0. The predicted octanol–water partition coefficient (Wildman–Crippen LogP) is 2.76. The van der Waals surface area contributed by atoms with E-state index in [2.05, 4.69) is 23.8 Å². The maximum Gasteiger partial charge on any atom is 0.0807 e. The number of hydrogen-bond donors (Lipinski definition) is 1. The second-order valence-electron chi connectivity index (χ2n) is 5.35. The van der Waals surface area contributed by atoms with E-state index in [0.717, 1.165) is 19.3 Å². The van der Waals surface area contributed by atoms with Gasteiger partial charge in [0.05, 0.1) is 6.10 Å². The van der Waals surface area contributed by atoms with Crippen LogP contribution in [0.1, 0.15) is 56.4 Å². The van der Waals surface area contributed by atoms with E-state index < -0.39 is 0 Å². The minimum Gasteiger partial charge on any atom is -0.388 e. The van der Waals surface area contributed by atoms with E-state index in [4.69, 9.17) is 0 Å². The Bertz CT molecular complexity index is 376. The highest BCUT2D eigenvalue weighted by molar-refractivity contribution is 5.29. The number of aliphatic hydroxyl groups excluding tert-OH is 1. The van der Waals surface area contributed by atoms with Crippen LogP contribution in [0.25, 0.3) is 0 Å². The molecule has 2 aliphatic rings. The molecule has 3 rings (SSSR count). The van der Waals surface area contributed by atoms with Crippen molar-refractivity contribution in [1.29, 1.82) is 0 Å².